The molecule has 0 fully saturated rings. The van der Waals surface area contributed by atoms with Gasteiger partial charge in [0, 0.05) is 0 Å². The highest BCUT2D eigenvalue weighted by Gasteiger charge is 2.23. The molecule has 28 heavy (non-hydrogen) atoms. The van der Waals surface area contributed by atoms with Gasteiger partial charge in [-0.3, -0.25) is 13.9 Å². The van der Waals surface area contributed by atoms with E-state index in [-0.39, 0.29) is 0 Å². The van der Waals surface area contributed by atoms with Gasteiger partial charge < -0.3 is 10.1 Å². The second-order valence-electron chi connectivity index (χ2n) is 5.86. The molecule has 150 valence electrons. The van der Waals surface area contributed by atoms with E-state index in [1.807, 2.05) is 5.32 Å². The molecule has 0 aromatic heterocycles. The smallest absolute Gasteiger partial charge is 0.327 e. The topological polar surface area (TPSA) is 92.8 Å². The number of rotatable bonds is 7. The number of esters is 1. The Balaban J connectivity index is 2.02. The maximum atomic E-state index is 13.5. The van der Waals surface area contributed by atoms with Gasteiger partial charge in [-0.25, -0.2) is 17.2 Å². The van der Waals surface area contributed by atoms with Crippen molar-refractivity contribution in [2.45, 2.75) is 6.92 Å². The molecule has 0 aliphatic rings. The Labute approximate surface area is 161 Å². The van der Waals surface area contributed by atoms with Gasteiger partial charge in [-0.15, -0.1) is 0 Å². The van der Waals surface area contributed by atoms with E-state index in [1.54, 1.807) is 25.1 Å². The van der Waals surface area contributed by atoms with Crippen LogP contribution in [0.4, 0.5) is 20.2 Å². The predicted octanol–water partition coefficient (Wildman–Crippen LogP) is 2.22. The number of aryl methyl sites for hydroxylation is 1. The number of amides is 1. The summed E-state index contributed by atoms with van der Waals surface area (Å²) in [5, 5.41) is 1.96. The molecule has 0 heterocycles. The third-order valence-electron chi connectivity index (χ3n) is 3.65. The number of anilines is 2. The first-order valence-electron chi connectivity index (χ1n) is 8.02. The molecule has 0 saturated carbocycles. The maximum absolute atomic E-state index is 13.5. The van der Waals surface area contributed by atoms with Crippen molar-refractivity contribution >= 4 is 33.3 Å². The van der Waals surface area contributed by atoms with Gasteiger partial charge in [0.25, 0.3) is 5.91 Å². The fourth-order valence-corrected chi connectivity index (χ4v) is 3.23. The van der Waals surface area contributed by atoms with Crippen molar-refractivity contribution in [3.05, 3.63) is 59.7 Å². The van der Waals surface area contributed by atoms with Crippen LogP contribution < -0.4 is 9.62 Å². The van der Waals surface area contributed by atoms with Crippen molar-refractivity contribution in [2.24, 2.45) is 0 Å². The van der Waals surface area contributed by atoms with Gasteiger partial charge >= 0.3 is 5.97 Å². The van der Waals surface area contributed by atoms with Crippen LogP contribution in [0.3, 0.4) is 0 Å². The van der Waals surface area contributed by atoms with Crippen LogP contribution in [0.25, 0.3) is 0 Å². The molecular weight excluding hydrogens is 394 g/mol. The van der Waals surface area contributed by atoms with Crippen molar-refractivity contribution in [3.63, 3.8) is 0 Å². The summed E-state index contributed by atoms with van der Waals surface area (Å²) < 4.78 is 56.7. The van der Waals surface area contributed by atoms with Gasteiger partial charge in [0.2, 0.25) is 10.0 Å². The number of carbonyl (C=O) groups excluding carboxylic acids is 2. The molecular formula is C18H18F2N2O5S. The molecule has 0 spiro atoms. The highest BCUT2D eigenvalue weighted by molar-refractivity contribution is 7.92. The second kappa shape index (κ2) is 8.79. The molecule has 0 aliphatic carbocycles. The summed E-state index contributed by atoms with van der Waals surface area (Å²) >= 11 is 0. The fraction of sp³-hybridized carbons (Fsp3) is 0.222. The third-order valence-corrected chi connectivity index (χ3v) is 4.78. The quantitative estimate of drug-likeness (QED) is 0.704. The van der Waals surface area contributed by atoms with Crippen LogP contribution >= 0.6 is 0 Å². The summed E-state index contributed by atoms with van der Waals surface area (Å²) in [5.41, 5.74) is 0.245. The van der Waals surface area contributed by atoms with E-state index in [1.165, 1.54) is 6.07 Å². The van der Waals surface area contributed by atoms with Crippen LogP contribution in [-0.4, -0.2) is 39.7 Å². The molecule has 0 aliphatic heterocycles. The summed E-state index contributed by atoms with van der Waals surface area (Å²) in [6.07, 6.45) is 0.931. The minimum Gasteiger partial charge on any atom is -0.454 e. The average Bonchev–Trinajstić information content (AvgIpc) is 2.61. The van der Waals surface area contributed by atoms with E-state index < -0.39 is 52.4 Å². The minimum absolute atomic E-state index is 0.292. The van der Waals surface area contributed by atoms with E-state index >= 15 is 0 Å². The standard InChI is InChI=1S/C18H18F2N2O5S/c1-12-6-3-4-9-15(12)22(28(2,25)26)10-17(24)27-11-16(23)21-18-13(19)7-5-8-14(18)20/h3-9H,10-11H2,1-2H3,(H,21,23). The average molecular weight is 412 g/mol. The SMILES string of the molecule is Cc1ccccc1N(CC(=O)OCC(=O)Nc1c(F)cccc1F)S(C)(=O)=O. The highest BCUT2D eigenvalue weighted by Crippen LogP contribution is 2.22. The Morgan fingerprint density at radius 3 is 2.25 bits per heavy atom. The highest BCUT2D eigenvalue weighted by atomic mass is 32.2. The number of nitrogens with zero attached hydrogens (tertiary/aromatic N) is 1. The van der Waals surface area contributed by atoms with Gasteiger partial charge in [0.15, 0.2) is 6.61 Å². The summed E-state index contributed by atoms with van der Waals surface area (Å²) in [6.45, 7) is 0.179. The first-order valence-corrected chi connectivity index (χ1v) is 9.87. The van der Waals surface area contributed by atoms with Crippen LogP contribution in [0.2, 0.25) is 0 Å². The zero-order chi connectivity index (χ0) is 20.9. The van der Waals surface area contributed by atoms with Gasteiger partial charge in [-0.1, -0.05) is 24.3 Å². The molecule has 1 amide bonds. The molecule has 2 aromatic carbocycles. The number of benzene rings is 2. The zero-order valence-electron chi connectivity index (χ0n) is 15.1. The lowest BCUT2D eigenvalue weighted by atomic mass is 10.2. The lowest BCUT2D eigenvalue weighted by Gasteiger charge is -2.23. The molecule has 2 aromatic rings. The summed E-state index contributed by atoms with van der Waals surface area (Å²) in [4.78, 5) is 23.8. The molecule has 10 heteroatoms. The van der Waals surface area contributed by atoms with Crippen LogP contribution in [0.5, 0.6) is 0 Å². The van der Waals surface area contributed by atoms with E-state index in [0.29, 0.717) is 11.3 Å². The third kappa shape index (κ3) is 5.49. The Hall–Kier alpha value is -3.01. The Morgan fingerprint density at radius 2 is 1.68 bits per heavy atom. The molecule has 1 N–H and O–H groups in total. The monoisotopic (exact) mass is 412 g/mol. The van der Waals surface area contributed by atoms with Crippen LogP contribution in [-0.2, 0) is 24.3 Å². The number of nitrogens with one attached hydrogen (secondary N) is 1. The van der Waals surface area contributed by atoms with Gasteiger partial charge in [-0.2, -0.15) is 0 Å². The minimum atomic E-state index is -3.80. The Morgan fingerprint density at radius 1 is 1.07 bits per heavy atom. The number of hydrogen-bond acceptors (Lipinski definition) is 5. The summed E-state index contributed by atoms with van der Waals surface area (Å²) in [5.74, 6) is -3.94. The van der Waals surface area contributed by atoms with Crippen molar-refractivity contribution in [2.75, 3.05) is 29.0 Å². The van der Waals surface area contributed by atoms with Crippen LogP contribution in [0.1, 0.15) is 5.56 Å². The molecule has 2 rings (SSSR count). The molecule has 0 unspecified atom stereocenters. The number of ether oxygens (including phenoxy) is 1. The van der Waals surface area contributed by atoms with Gasteiger partial charge in [-0.05, 0) is 30.7 Å². The van der Waals surface area contributed by atoms with Crippen LogP contribution in [0.15, 0.2) is 42.5 Å². The van der Waals surface area contributed by atoms with E-state index in [0.717, 1.165) is 28.8 Å². The van der Waals surface area contributed by atoms with Crippen molar-refractivity contribution in [1.82, 2.24) is 0 Å². The number of carbonyl (C=O) groups is 2. The lowest BCUT2D eigenvalue weighted by molar-refractivity contribution is -0.145. The second-order valence-corrected chi connectivity index (χ2v) is 7.77. The number of sulfonamides is 1. The lowest BCUT2D eigenvalue weighted by Crippen LogP contribution is -2.37. The molecule has 0 bridgehead atoms. The van der Waals surface area contributed by atoms with Crippen molar-refractivity contribution in [1.29, 1.82) is 0 Å². The fourth-order valence-electron chi connectivity index (χ4n) is 2.33. The normalized spacial score (nSPS) is 11.0. The predicted molar refractivity (Wildman–Crippen MR) is 99.3 cm³/mol. The van der Waals surface area contributed by atoms with Crippen molar-refractivity contribution < 1.29 is 31.5 Å². The largest absolute Gasteiger partial charge is 0.454 e. The van der Waals surface area contributed by atoms with E-state index in [2.05, 4.69) is 0 Å². The summed E-state index contributed by atoms with van der Waals surface area (Å²) in [6, 6.07) is 9.57. The summed E-state index contributed by atoms with van der Waals surface area (Å²) in [7, 11) is -3.80. The molecule has 0 atom stereocenters. The van der Waals surface area contributed by atoms with E-state index in [9.17, 15) is 26.8 Å². The van der Waals surface area contributed by atoms with Crippen LogP contribution in [0, 0.1) is 18.6 Å². The molecule has 0 saturated heterocycles. The van der Waals surface area contributed by atoms with E-state index in [4.69, 9.17) is 4.74 Å². The Kier molecular flexibility index (Phi) is 6.68. The Bertz CT molecular complexity index is 975. The first-order chi connectivity index (χ1) is 13.1. The number of hydrogen-bond donors (Lipinski definition) is 1. The number of halogens is 2. The zero-order valence-corrected chi connectivity index (χ0v) is 15.9. The maximum Gasteiger partial charge on any atom is 0.327 e. The number of para-hydroxylation sites is 2. The van der Waals surface area contributed by atoms with Gasteiger partial charge in [0.1, 0.15) is 23.9 Å². The molecule has 7 nitrogen and oxygen atoms in total. The first kappa shape index (κ1) is 21.3. The van der Waals surface area contributed by atoms with Gasteiger partial charge in [0.05, 0.1) is 11.9 Å². The molecule has 0 radical (unpaired) electrons. The van der Waals surface area contributed by atoms with Crippen molar-refractivity contribution in [3.8, 4) is 0 Å².